The Morgan fingerprint density at radius 2 is 1.96 bits per heavy atom. The molecule has 0 bridgehead atoms. The Morgan fingerprint density at radius 1 is 1.25 bits per heavy atom. The highest BCUT2D eigenvalue weighted by Crippen LogP contribution is 2.24. The number of amides is 2. The average molecular weight is 334 g/mol. The Balaban J connectivity index is 1.36. The van der Waals surface area contributed by atoms with Crippen molar-refractivity contribution in [2.45, 2.75) is 32.6 Å². The van der Waals surface area contributed by atoms with Gasteiger partial charge in [-0.2, -0.15) is 0 Å². The summed E-state index contributed by atoms with van der Waals surface area (Å²) in [5, 5.41) is 6.84. The summed E-state index contributed by atoms with van der Waals surface area (Å²) >= 11 is 0. The molecule has 0 atom stereocenters. The summed E-state index contributed by atoms with van der Waals surface area (Å²) in [7, 11) is 0. The van der Waals surface area contributed by atoms with Gasteiger partial charge in [0, 0.05) is 51.3 Å². The third-order valence-electron chi connectivity index (χ3n) is 4.96. The van der Waals surface area contributed by atoms with Gasteiger partial charge in [0.05, 0.1) is 0 Å². The molecule has 1 aliphatic heterocycles. The zero-order valence-corrected chi connectivity index (χ0v) is 14.3. The first-order valence-corrected chi connectivity index (χ1v) is 8.86. The van der Waals surface area contributed by atoms with Crippen molar-refractivity contribution >= 4 is 11.8 Å². The molecule has 24 heavy (non-hydrogen) atoms. The van der Waals surface area contributed by atoms with E-state index in [-0.39, 0.29) is 17.7 Å². The molecule has 2 heterocycles. The van der Waals surface area contributed by atoms with E-state index in [4.69, 9.17) is 4.52 Å². The predicted molar refractivity (Wildman–Crippen MR) is 88.6 cm³/mol. The van der Waals surface area contributed by atoms with Crippen LogP contribution in [0.3, 0.4) is 0 Å². The van der Waals surface area contributed by atoms with E-state index in [9.17, 15) is 9.59 Å². The van der Waals surface area contributed by atoms with E-state index in [1.165, 1.54) is 12.8 Å². The molecule has 1 aromatic rings. The SMILES string of the molecule is Cc1cc(C(=O)N2CCN(CCNC(=O)C3CCCC3)CC2)no1. The van der Waals surface area contributed by atoms with Crippen LogP contribution in [0.25, 0.3) is 0 Å². The van der Waals surface area contributed by atoms with Crippen molar-refractivity contribution in [3.63, 3.8) is 0 Å². The molecule has 0 aromatic carbocycles. The number of nitrogens with zero attached hydrogens (tertiary/aromatic N) is 3. The molecule has 132 valence electrons. The zero-order chi connectivity index (χ0) is 16.9. The maximum Gasteiger partial charge on any atom is 0.276 e. The average Bonchev–Trinajstić information content (AvgIpc) is 3.26. The number of hydrogen-bond donors (Lipinski definition) is 1. The van der Waals surface area contributed by atoms with Crippen LogP contribution in [0.1, 0.15) is 41.9 Å². The van der Waals surface area contributed by atoms with Crippen molar-refractivity contribution in [2.24, 2.45) is 5.92 Å². The number of piperazine rings is 1. The number of carbonyl (C=O) groups is 2. The summed E-state index contributed by atoms with van der Waals surface area (Å²) in [4.78, 5) is 28.4. The van der Waals surface area contributed by atoms with Gasteiger partial charge < -0.3 is 14.7 Å². The normalized spacial score (nSPS) is 19.6. The van der Waals surface area contributed by atoms with Gasteiger partial charge in [-0.05, 0) is 19.8 Å². The van der Waals surface area contributed by atoms with Crippen molar-refractivity contribution < 1.29 is 14.1 Å². The summed E-state index contributed by atoms with van der Waals surface area (Å²) < 4.78 is 4.97. The molecule has 1 aliphatic carbocycles. The van der Waals surface area contributed by atoms with Gasteiger partial charge in [0.25, 0.3) is 5.91 Å². The Labute approximate surface area is 142 Å². The van der Waals surface area contributed by atoms with Crippen LogP contribution < -0.4 is 5.32 Å². The first kappa shape index (κ1) is 17.0. The molecule has 3 rings (SSSR count). The van der Waals surface area contributed by atoms with Gasteiger partial charge in [-0.3, -0.25) is 14.5 Å². The summed E-state index contributed by atoms with van der Waals surface area (Å²) in [5.74, 6) is 1.02. The number of carbonyl (C=O) groups excluding carboxylic acids is 2. The molecule has 1 saturated heterocycles. The molecule has 7 heteroatoms. The van der Waals surface area contributed by atoms with Crippen LogP contribution in [0.4, 0.5) is 0 Å². The Morgan fingerprint density at radius 3 is 2.58 bits per heavy atom. The highest BCUT2D eigenvalue weighted by molar-refractivity contribution is 5.92. The van der Waals surface area contributed by atoms with Crippen LogP contribution in [0.2, 0.25) is 0 Å². The van der Waals surface area contributed by atoms with E-state index in [1.807, 2.05) is 4.90 Å². The lowest BCUT2D eigenvalue weighted by atomic mass is 10.1. The summed E-state index contributed by atoms with van der Waals surface area (Å²) in [6, 6.07) is 1.67. The summed E-state index contributed by atoms with van der Waals surface area (Å²) in [6.45, 7) is 6.31. The molecular formula is C17H26N4O3. The second-order valence-electron chi connectivity index (χ2n) is 6.73. The highest BCUT2D eigenvalue weighted by Gasteiger charge is 2.25. The van der Waals surface area contributed by atoms with Gasteiger partial charge >= 0.3 is 0 Å². The molecule has 2 amide bonds. The van der Waals surface area contributed by atoms with Crippen LogP contribution in [-0.4, -0.2) is 66.0 Å². The third-order valence-corrected chi connectivity index (χ3v) is 4.96. The van der Waals surface area contributed by atoms with Crippen LogP contribution >= 0.6 is 0 Å². The van der Waals surface area contributed by atoms with Crippen molar-refractivity contribution in [1.29, 1.82) is 0 Å². The molecular weight excluding hydrogens is 308 g/mol. The van der Waals surface area contributed by atoms with Crippen LogP contribution in [0.5, 0.6) is 0 Å². The number of rotatable bonds is 5. The van der Waals surface area contributed by atoms with Gasteiger partial charge in [-0.15, -0.1) is 0 Å². The molecule has 2 fully saturated rings. The standard InChI is InChI=1S/C17H26N4O3/c1-13-12-15(19-24-13)17(23)21-10-8-20(9-11-21)7-6-18-16(22)14-4-2-3-5-14/h12,14H,2-11H2,1H3,(H,18,22). The lowest BCUT2D eigenvalue weighted by molar-refractivity contribution is -0.124. The smallest absolute Gasteiger partial charge is 0.276 e. The van der Waals surface area contributed by atoms with Crippen LogP contribution in [0.15, 0.2) is 10.6 Å². The van der Waals surface area contributed by atoms with E-state index < -0.39 is 0 Å². The Hall–Kier alpha value is -1.89. The fourth-order valence-corrected chi connectivity index (χ4v) is 3.47. The van der Waals surface area contributed by atoms with Crippen molar-refractivity contribution in [3.05, 3.63) is 17.5 Å². The Bertz CT molecular complexity index is 572. The summed E-state index contributed by atoms with van der Waals surface area (Å²) in [6.07, 6.45) is 4.43. The molecule has 0 unspecified atom stereocenters. The maximum absolute atomic E-state index is 12.3. The number of aromatic nitrogens is 1. The summed E-state index contributed by atoms with van der Waals surface area (Å²) in [5.41, 5.74) is 0.379. The number of hydrogen-bond acceptors (Lipinski definition) is 5. The van der Waals surface area contributed by atoms with Gasteiger partial charge in [0.15, 0.2) is 5.69 Å². The number of aryl methyl sites for hydroxylation is 1. The van der Waals surface area contributed by atoms with E-state index in [0.29, 0.717) is 31.1 Å². The van der Waals surface area contributed by atoms with Crippen molar-refractivity contribution in [1.82, 2.24) is 20.3 Å². The lowest BCUT2D eigenvalue weighted by Gasteiger charge is -2.34. The topological polar surface area (TPSA) is 78.7 Å². The molecule has 1 saturated carbocycles. The first-order valence-electron chi connectivity index (χ1n) is 8.86. The van der Waals surface area contributed by atoms with E-state index in [0.717, 1.165) is 32.5 Å². The molecule has 7 nitrogen and oxygen atoms in total. The molecule has 2 aliphatic rings. The monoisotopic (exact) mass is 334 g/mol. The molecule has 0 radical (unpaired) electrons. The van der Waals surface area contributed by atoms with Crippen LogP contribution in [0, 0.1) is 12.8 Å². The second-order valence-corrected chi connectivity index (χ2v) is 6.73. The maximum atomic E-state index is 12.3. The predicted octanol–water partition coefficient (Wildman–Crippen LogP) is 1.05. The second kappa shape index (κ2) is 7.79. The van der Waals surface area contributed by atoms with Crippen LogP contribution in [-0.2, 0) is 4.79 Å². The molecule has 0 spiro atoms. The van der Waals surface area contributed by atoms with Gasteiger partial charge in [0.2, 0.25) is 5.91 Å². The van der Waals surface area contributed by atoms with E-state index >= 15 is 0 Å². The minimum Gasteiger partial charge on any atom is -0.361 e. The highest BCUT2D eigenvalue weighted by atomic mass is 16.5. The fraction of sp³-hybridized carbons (Fsp3) is 0.706. The minimum absolute atomic E-state index is 0.0685. The van der Waals surface area contributed by atoms with Crippen molar-refractivity contribution in [3.8, 4) is 0 Å². The first-order chi connectivity index (χ1) is 11.6. The number of nitrogens with one attached hydrogen (secondary N) is 1. The third kappa shape index (κ3) is 4.14. The van der Waals surface area contributed by atoms with E-state index in [2.05, 4.69) is 15.4 Å². The Kier molecular flexibility index (Phi) is 5.50. The fourth-order valence-electron chi connectivity index (χ4n) is 3.47. The largest absolute Gasteiger partial charge is 0.361 e. The lowest BCUT2D eigenvalue weighted by Crippen LogP contribution is -2.50. The molecule has 1 aromatic heterocycles. The minimum atomic E-state index is -0.0685. The molecule has 1 N–H and O–H groups in total. The zero-order valence-electron chi connectivity index (χ0n) is 14.3. The van der Waals surface area contributed by atoms with Crippen molar-refractivity contribution in [2.75, 3.05) is 39.3 Å². The van der Waals surface area contributed by atoms with Gasteiger partial charge in [0.1, 0.15) is 5.76 Å². The van der Waals surface area contributed by atoms with Gasteiger partial charge in [-0.1, -0.05) is 18.0 Å². The van der Waals surface area contributed by atoms with E-state index in [1.54, 1.807) is 13.0 Å². The van der Waals surface area contributed by atoms with Gasteiger partial charge in [-0.25, -0.2) is 0 Å². The quantitative estimate of drug-likeness (QED) is 0.871.